The van der Waals surface area contributed by atoms with Crippen molar-refractivity contribution >= 4 is 17.6 Å². The van der Waals surface area contributed by atoms with Crippen LogP contribution >= 0.6 is 0 Å². The molecule has 2 aliphatic heterocycles. The number of hydrogen-bond donors (Lipinski definition) is 6. The third kappa shape index (κ3) is 6.47. The van der Waals surface area contributed by atoms with Crippen LogP contribution in [0.2, 0.25) is 0 Å². The van der Waals surface area contributed by atoms with Crippen LogP contribution in [0.1, 0.15) is 23.3 Å². The predicted molar refractivity (Wildman–Crippen MR) is 166 cm³/mol. The molecule has 0 spiro atoms. The number of phenolic OH excluding ortho intramolecular Hbond substituents is 1. The average Bonchev–Trinajstić information content (AvgIpc) is 3.08. The molecule has 8 atom stereocenters. The lowest BCUT2D eigenvalue weighted by Crippen LogP contribution is -2.62. The summed E-state index contributed by atoms with van der Waals surface area (Å²) in [6.07, 6.45) is -11.8. The fourth-order valence-corrected chi connectivity index (χ4v) is 5.80. The molecular formula is C35H32FNO11. The van der Waals surface area contributed by atoms with E-state index in [1.165, 1.54) is 47.4 Å². The number of aliphatic hydroxyl groups is 4. The first-order chi connectivity index (χ1) is 23.0. The number of amides is 1. The number of benzene rings is 4. The number of carboxylic acid groups (broad SMARTS) is 1. The molecule has 13 heteroatoms. The second kappa shape index (κ2) is 13.7. The zero-order chi connectivity index (χ0) is 34.1. The number of carbonyl (C=O) groups is 2. The maximum atomic E-state index is 13.6. The highest BCUT2D eigenvalue weighted by Crippen LogP contribution is 2.46. The summed E-state index contributed by atoms with van der Waals surface area (Å²) in [6, 6.07) is 24.1. The Balaban J connectivity index is 1.39. The fraction of sp³-hybridized carbons (Fsp3) is 0.257. The summed E-state index contributed by atoms with van der Waals surface area (Å²) in [7, 11) is 0. The standard InChI is InChI=1S/C35H32FNO11/c36-21-12-9-18(10-13-21)25(39)17-46-31-27(37(33(31)43)22-6-2-1-3-7-22)24-14-11-20(19-5-4-8-23(38)15-19)16-26(24)47-35-30(42)28(40)29(41)32(48-35)34(44)45/h1-16,25,27-32,35,38-42H,17H2,(H,44,45)/t25-,27+,28-,29?,30?,31+,32?,35+/m0/s1. The maximum absolute atomic E-state index is 13.6. The van der Waals surface area contributed by atoms with Crippen LogP contribution in [0.3, 0.4) is 0 Å². The van der Waals surface area contributed by atoms with Crippen LogP contribution in [0.15, 0.2) is 97.1 Å². The van der Waals surface area contributed by atoms with E-state index in [1.54, 1.807) is 54.6 Å². The van der Waals surface area contributed by atoms with Crippen molar-refractivity contribution in [1.29, 1.82) is 0 Å². The van der Waals surface area contributed by atoms with Crippen LogP contribution in [-0.4, -0.2) is 85.9 Å². The fourth-order valence-electron chi connectivity index (χ4n) is 5.80. The van der Waals surface area contributed by atoms with Gasteiger partial charge < -0.3 is 44.8 Å². The van der Waals surface area contributed by atoms with E-state index in [9.17, 15) is 44.6 Å². The number of para-hydroxylation sites is 1. The Labute approximate surface area is 273 Å². The number of phenols is 1. The molecule has 4 aromatic carbocycles. The van der Waals surface area contributed by atoms with Gasteiger partial charge in [0.05, 0.1) is 6.61 Å². The number of aliphatic carboxylic acids is 1. The van der Waals surface area contributed by atoms with Gasteiger partial charge in [-0.25, -0.2) is 9.18 Å². The van der Waals surface area contributed by atoms with Gasteiger partial charge in [0.15, 0.2) is 12.2 Å². The van der Waals surface area contributed by atoms with Crippen molar-refractivity contribution in [3.63, 3.8) is 0 Å². The molecule has 12 nitrogen and oxygen atoms in total. The van der Waals surface area contributed by atoms with E-state index in [2.05, 4.69) is 0 Å². The molecule has 48 heavy (non-hydrogen) atoms. The lowest BCUT2D eigenvalue weighted by Gasteiger charge is -2.47. The lowest BCUT2D eigenvalue weighted by atomic mass is 9.87. The van der Waals surface area contributed by atoms with Crippen LogP contribution in [0.25, 0.3) is 11.1 Å². The molecule has 3 unspecified atom stereocenters. The third-order valence-corrected chi connectivity index (χ3v) is 8.34. The van der Waals surface area contributed by atoms with Crippen molar-refractivity contribution in [3.8, 4) is 22.6 Å². The minimum atomic E-state index is -1.95. The van der Waals surface area contributed by atoms with Gasteiger partial charge >= 0.3 is 5.97 Å². The number of anilines is 1. The van der Waals surface area contributed by atoms with Gasteiger partial charge in [0.25, 0.3) is 5.91 Å². The molecule has 0 bridgehead atoms. The zero-order valence-corrected chi connectivity index (χ0v) is 25.1. The summed E-state index contributed by atoms with van der Waals surface area (Å²) < 4.78 is 30.9. The topological polar surface area (TPSA) is 186 Å². The van der Waals surface area contributed by atoms with Crippen molar-refractivity contribution in [2.75, 3.05) is 11.5 Å². The van der Waals surface area contributed by atoms with Gasteiger partial charge in [-0.1, -0.05) is 54.6 Å². The van der Waals surface area contributed by atoms with Gasteiger partial charge in [-0.05, 0) is 59.2 Å². The molecule has 4 aromatic rings. The van der Waals surface area contributed by atoms with Gasteiger partial charge in [0.1, 0.15) is 47.8 Å². The molecule has 1 amide bonds. The quantitative estimate of drug-likeness (QED) is 0.137. The second-order valence-corrected chi connectivity index (χ2v) is 11.5. The minimum absolute atomic E-state index is 0.00117. The van der Waals surface area contributed by atoms with E-state index in [0.29, 0.717) is 27.9 Å². The number of carbonyl (C=O) groups excluding carboxylic acids is 1. The molecular weight excluding hydrogens is 629 g/mol. The van der Waals surface area contributed by atoms with Gasteiger partial charge in [-0.15, -0.1) is 0 Å². The van der Waals surface area contributed by atoms with E-state index < -0.39 is 66.6 Å². The highest BCUT2D eigenvalue weighted by molar-refractivity contribution is 6.05. The van der Waals surface area contributed by atoms with Crippen LogP contribution in [-0.2, 0) is 19.1 Å². The Morgan fingerprint density at radius 3 is 2.27 bits per heavy atom. The van der Waals surface area contributed by atoms with E-state index in [1.807, 2.05) is 0 Å². The maximum Gasteiger partial charge on any atom is 0.335 e. The molecule has 2 aliphatic rings. The molecule has 2 saturated heterocycles. The van der Waals surface area contributed by atoms with Crippen molar-refractivity contribution < 1.29 is 58.8 Å². The van der Waals surface area contributed by atoms with Gasteiger partial charge in [-0.2, -0.15) is 0 Å². The molecule has 0 radical (unpaired) electrons. The predicted octanol–water partition coefficient (Wildman–Crippen LogP) is 2.68. The Bertz CT molecular complexity index is 1770. The second-order valence-electron chi connectivity index (χ2n) is 11.5. The summed E-state index contributed by atoms with van der Waals surface area (Å²) in [4.78, 5) is 26.9. The average molecular weight is 662 g/mol. The number of halogens is 1. The number of rotatable bonds is 10. The number of aliphatic hydroxyl groups excluding tert-OH is 4. The number of ether oxygens (including phenoxy) is 3. The number of carboxylic acids is 1. The number of hydrogen-bond acceptors (Lipinski definition) is 10. The van der Waals surface area contributed by atoms with Crippen LogP contribution < -0.4 is 9.64 Å². The normalized spacial score (nSPS) is 26.1. The van der Waals surface area contributed by atoms with Crippen molar-refractivity contribution in [2.24, 2.45) is 0 Å². The monoisotopic (exact) mass is 661 g/mol. The molecule has 0 aliphatic carbocycles. The molecule has 2 heterocycles. The lowest BCUT2D eigenvalue weighted by molar-refractivity contribution is -0.271. The summed E-state index contributed by atoms with van der Waals surface area (Å²) in [6.45, 7) is -0.326. The Morgan fingerprint density at radius 1 is 0.875 bits per heavy atom. The Morgan fingerprint density at radius 2 is 1.58 bits per heavy atom. The molecule has 6 N–H and O–H groups in total. The molecule has 0 aromatic heterocycles. The largest absolute Gasteiger partial charge is 0.508 e. The molecule has 250 valence electrons. The van der Waals surface area contributed by atoms with Crippen molar-refractivity contribution in [1.82, 2.24) is 0 Å². The Kier molecular flexibility index (Phi) is 9.42. The highest BCUT2D eigenvalue weighted by Gasteiger charge is 2.52. The van der Waals surface area contributed by atoms with E-state index in [-0.39, 0.29) is 18.1 Å². The summed E-state index contributed by atoms with van der Waals surface area (Å²) in [5.41, 5.74) is 2.29. The molecule has 2 fully saturated rings. The van der Waals surface area contributed by atoms with Crippen LogP contribution in [0.5, 0.6) is 11.5 Å². The summed E-state index contributed by atoms with van der Waals surface area (Å²) >= 11 is 0. The minimum Gasteiger partial charge on any atom is -0.508 e. The third-order valence-electron chi connectivity index (χ3n) is 8.34. The van der Waals surface area contributed by atoms with Gasteiger partial charge in [0, 0.05) is 11.3 Å². The zero-order valence-electron chi connectivity index (χ0n) is 25.1. The van der Waals surface area contributed by atoms with E-state index in [4.69, 9.17) is 14.2 Å². The first kappa shape index (κ1) is 33.0. The van der Waals surface area contributed by atoms with Crippen LogP contribution in [0.4, 0.5) is 10.1 Å². The van der Waals surface area contributed by atoms with E-state index >= 15 is 0 Å². The smallest absolute Gasteiger partial charge is 0.335 e. The Hall–Kier alpha value is -4.89. The highest BCUT2D eigenvalue weighted by atomic mass is 19.1. The number of nitrogens with zero attached hydrogens (tertiary/aromatic N) is 1. The summed E-state index contributed by atoms with van der Waals surface area (Å²) in [5.74, 6) is -2.54. The summed E-state index contributed by atoms with van der Waals surface area (Å²) in [5, 5.41) is 61.8. The SMILES string of the molecule is O=C(O)C1O[C@@H](Oc2cc(-c3cccc(O)c3)ccc2[C@@H]2[C@@H](OC[C@H](O)c3ccc(F)cc3)C(=O)N2c2ccccc2)C(O)[C@@H](O)C1O. The number of β-lactam (4-membered cyclic amide) rings is 1. The van der Waals surface area contributed by atoms with E-state index in [0.717, 1.165) is 0 Å². The number of aromatic hydroxyl groups is 1. The van der Waals surface area contributed by atoms with Crippen LogP contribution in [0, 0.1) is 5.82 Å². The van der Waals surface area contributed by atoms with Gasteiger partial charge in [0.2, 0.25) is 6.29 Å². The first-order valence-electron chi connectivity index (χ1n) is 15.0. The molecule has 6 rings (SSSR count). The first-order valence-corrected chi connectivity index (χ1v) is 15.0. The van der Waals surface area contributed by atoms with Crippen molar-refractivity contribution in [3.05, 3.63) is 114 Å². The van der Waals surface area contributed by atoms with Crippen molar-refractivity contribution in [2.45, 2.75) is 49.0 Å². The van der Waals surface area contributed by atoms with Gasteiger partial charge in [-0.3, -0.25) is 9.69 Å². The molecule has 0 saturated carbocycles.